The van der Waals surface area contributed by atoms with Gasteiger partial charge in [0.2, 0.25) is 0 Å². The third kappa shape index (κ3) is 2.73. The molecular weight excluding hydrogens is 242 g/mol. The van der Waals surface area contributed by atoms with Crippen molar-refractivity contribution in [3.63, 3.8) is 0 Å². The van der Waals surface area contributed by atoms with Gasteiger partial charge in [-0.1, -0.05) is 11.2 Å². The summed E-state index contributed by atoms with van der Waals surface area (Å²) >= 11 is 0. The zero-order valence-corrected chi connectivity index (χ0v) is 12.2. The molecule has 0 spiro atoms. The Hall–Kier alpha value is -1.55. The molecule has 1 aliphatic heterocycles. The maximum Gasteiger partial charge on any atom is 0.125 e. The summed E-state index contributed by atoms with van der Waals surface area (Å²) in [6.07, 6.45) is 1.61. The topological polar surface area (TPSA) is 54.3 Å². The molecule has 1 atom stereocenters. The summed E-state index contributed by atoms with van der Waals surface area (Å²) < 4.78 is 11.4. The van der Waals surface area contributed by atoms with Crippen molar-refractivity contribution >= 4 is 6.21 Å². The summed E-state index contributed by atoms with van der Waals surface area (Å²) in [7, 11) is 0. The summed E-state index contributed by atoms with van der Waals surface area (Å²) in [4.78, 5) is 0. The van der Waals surface area contributed by atoms with Crippen LogP contribution in [0.3, 0.4) is 0 Å². The first-order valence-electron chi connectivity index (χ1n) is 6.45. The van der Waals surface area contributed by atoms with Crippen LogP contribution in [0.2, 0.25) is 0 Å². The van der Waals surface area contributed by atoms with Gasteiger partial charge in [-0.25, -0.2) is 0 Å². The van der Waals surface area contributed by atoms with E-state index in [4.69, 9.17) is 14.7 Å². The fourth-order valence-electron chi connectivity index (χ4n) is 2.39. The van der Waals surface area contributed by atoms with Crippen LogP contribution >= 0.6 is 0 Å². The molecule has 1 unspecified atom stereocenters. The second-order valence-corrected chi connectivity index (χ2v) is 5.64. The Labute approximate surface area is 114 Å². The Morgan fingerprint density at radius 2 is 2.00 bits per heavy atom. The SMILES string of the molecule is Cc1cc(C)c(OCC2OC2(C)C)c(C)c1C=NO. The number of epoxide rings is 1. The third-order valence-corrected chi connectivity index (χ3v) is 3.69. The highest BCUT2D eigenvalue weighted by molar-refractivity contribution is 5.84. The summed E-state index contributed by atoms with van der Waals surface area (Å²) in [5.74, 6) is 0.854. The van der Waals surface area contributed by atoms with Crippen molar-refractivity contribution in [2.45, 2.75) is 46.3 Å². The molecule has 1 aromatic carbocycles. The monoisotopic (exact) mass is 263 g/mol. The minimum atomic E-state index is -0.0676. The Morgan fingerprint density at radius 1 is 1.37 bits per heavy atom. The fourth-order valence-corrected chi connectivity index (χ4v) is 2.39. The van der Waals surface area contributed by atoms with Crippen LogP contribution in [-0.2, 0) is 4.74 Å². The largest absolute Gasteiger partial charge is 0.490 e. The summed E-state index contributed by atoms with van der Waals surface area (Å²) in [6, 6.07) is 2.04. The van der Waals surface area contributed by atoms with Crippen molar-refractivity contribution in [3.8, 4) is 5.75 Å². The standard InChI is InChI=1S/C15H21NO3/c1-9-6-10(2)14(11(3)12(9)7-16-17)18-8-13-15(4,5)19-13/h6-7,13,17H,8H2,1-5H3. The van der Waals surface area contributed by atoms with Crippen molar-refractivity contribution in [2.24, 2.45) is 5.16 Å². The maximum absolute atomic E-state index is 8.73. The van der Waals surface area contributed by atoms with Crippen LogP contribution in [-0.4, -0.2) is 29.7 Å². The van der Waals surface area contributed by atoms with Crippen molar-refractivity contribution < 1.29 is 14.7 Å². The Kier molecular flexibility index (Phi) is 3.54. The van der Waals surface area contributed by atoms with E-state index >= 15 is 0 Å². The first-order valence-corrected chi connectivity index (χ1v) is 6.45. The number of aryl methyl sites for hydroxylation is 2. The van der Waals surface area contributed by atoms with E-state index in [-0.39, 0.29) is 11.7 Å². The fraction of sp³-hybridized carbons (Fsp3) is 0.533. The molecule has 104 valence electrons. The third-order valence-electron chi connectivity index (χ3n) is 3.69. The van der Waals surface area contributed by atoms with Crippen molar-refractivity contribution in [2.75, 3.05) is 6.61 Å². The quantitative estimate of drug-likeness (QED) is 0.393. The van der Waals surface area contributed by atoms with Crippen LogP contribution in [0.1, 0.15) is 36.1 Å². The molecule has 1 saturated heterocycles. The summed E-state index contributed by atoms with van der Waals surface area (Å²) in [5.41, 5.74) is 3.99. The van der Waals surface area contributed by atoms with Crippen LogP contribution in [0.25, 0.3) is 0 Å². The van der Waals surface area contributed by atoms with Gasteiger partial charge >= 0.3 is 0 Å². The van der Waals surface area contributed by atoms with Crippen LogP contribution in [0.4, 0.5) is 0 Å². The molecule has 2 rings (SSSR count). The molecule has 1 aromatic rings. The number of benzene rings is 1. The van der Waals surface area contributed by atoms with Gasteiger partial charge < -0.3 is 14.7 Å². The number of hydrogen-bond donors (Lipinski definition) is 1. The first-order chi connectivity index (χ1) is 8.86. The molecule has 0 bridgehead atoms. The van der Waals surface area contributed by atoms with Gasteiger partial charge in [-0.15, -0.1) is 0 Å². The van der Waals surface area contributed by atoms with Gasteiger partial charge in [0.25, 0.3) is 0 Å². The van der Waals surface area contributed by atoms with E-state index in [0.717, 1.165) is 28.0 Å². The number of oxime groups is 1. The molecule has 1 N–H and O–H groups in total. The minimum absolute atomic E-state index is 0.0676. The Bertz CT molecular complexity index is 521. The van der Waals surface area contributed by atoms with Crippen LogP contribution < -0.4 is 4.74 Å². The highest BCUT2D eigenvalue weighted by Gasteiger charge is 2.48. The predicted molar refractivity (Wildman–Crippen MR) is 74.5 cm³/mol. The van der Waals surface area contributed by atoms with Gasteiger partial charge in [0, 0.05) is 11.1 Å². The van der Waals surface area contributed by atoms with Gasteiger partial charge in [0.15, 0.2) is 0 Å². The molecule has 1 aliphatic rings. The normalized spacial score (nSPS) is 20.8. The number of hydrogen-bond acceptors (Lipinski definition) is 4. The second-order valence-electron chi connectivity index (χ2n) is 5.64. The molecular formula is C15H21NO3. The van der Waals surface area contributed by atoms with E-state index < -0.39 is 0 Å². The summed E-state index contributed by atoms with van der Waals surface area (Å²) in [5, 5.41) is 11.9. The van der Waals surface area contributed by atoms with E-state index in [1.807, 2.05) is 26.8 Å². The van der Waals surface area contributed by atoms with Crippen LogP contribution in [0.15, 0.2) is 11.2 Å². The zero-order chi connectivity index (χ0) is 14.2. The van der Waals surface area contributed by atoms with E-state index in [9.17, 15) is 0 Å². The number of rotatable bonds is 4. The van der Waals surface area contributed by atoms with E-state index in [1.54, 1.807) is 0 Å². The number of nitrogens with zero attached hydrogens (tertiary/aromatic N) is 1. The molecule has 19 heavy (non-hydrogen) atoms. The average molecular weight is 263 g/mol. The average Bonchev–Trinajstić information content (AvgIpc) is 2.92. The lowest BCUT2D eigenvalue weighted by molar-refractivity contribution is 0.252. The molecule has 0 radical (unpaired) electrons. The molecule has 4 heteroatoms. The molecule has 0 amide bonds. The smallest absolute Gasteiger partial charge is 0.125 e. The Morgan fingerprint density at radius 3 is 2.53 bits per heavy atom. The lowest BCUT2D eigenvalue weighted by atomic mass is 9.99. The minimum Gasteiger partial charge on any atom is -0.490 e. The van der Waals surface area contributed by atoms with Crippen LogP contribution in [0, 0.1) is 20.8 Å². The molecule has 0 aliphatic carbocycles. The number of ether oxygens (including phenoxy) is 2. The van der Waals surface area contributed by atoms with Crippen LogP contribution in [0.5, 0.6) is 5.75 Å². The maximum atomic E-state index is 8.73. The van der Waals surface area contributed by atoms with Crippen molar-refractivity contribution in [1.29, 1.82) is 0 Å². The first kappa shape index (κ1) is 13.9. The second kappa shape index (κ2) is 4.85. The van der Waals surface area contributed by atoms with Gasteiger partial charge in [0.05, 0.1) is 11.8 Å². The lowest BCUT2D eigenvalue weighted by Gasteiger charge is -2.15. The van der Waals surface area contributed by atoms with Gasteiger partial charge in [0.1, 0.15) is 18.5 Å². The highest BCUT2D eigenvalue weighted by atomic mass is 16.6. The lowest BCUT2D eigenvalue weighted by Crippen LogP contribution is -2.13. The van der Waals surface area contributed by atoms with E-state index in [2.05, 4.69) is 19.0 Å². The van der Waals surface area contributed by atoms with Gasteiger partial charge in [-0.2, -0.15) is 0 Å². The van der Waals surface area contributed by atoms with Crippen molar-refractivity contribution in [3.05, 3.63) is 28.3 Å². The van der Waals surface area contributed by atoms with Crippen molar-refractivity contribution in [1.82, 2.24) is 0 Å². The highest BCUT2D eigenvalue weighted by Crippen LogP contribution is 2.36. The molecule has 1 fully saturated rings. The zero-order valence-electron chi connectivity index (χ0n) is 12.2. The predicted octanol–water partition coefficient (Wildman–Crippen LogP) is 2.98. The molecule has 4 nitrogen and oxygen atoms in total. The molecule has 0 aromatic heterocycles. The summed E-state index contributed by atoms with van der Waals surface area (Å²) in [6.45, 7) is 10.7. The van der Waals surface area contributed by atoms with E-state index in [0.29, 0.717) is 6.61 Å². The van der Waals surface area contributed by atoms with Gasteiger partial charge in [-0.05, 0) is 45.7 Å². The molecule has 1 heterocycles. The Balaban J connectivity index is 2.22. The van der Waals surface area contributed by atoms with E-state index in [1.165, 1.54) is 6.21 Å². The van der Waals surface area contributed by atoms with Gasteiger partial charge in [-0.3, -0.25) is 0 Å². The molecule has 0 saturated carbocycles.